The van der Waals surface area contributed by atoms with Crippen LogP contribution in [0, 0.1) is 0 Å². The van der Waals surface area contributed by atoms with Crippen LogP contribution in [0.3, 0.4) is 0 Å². The molecule has 0 saturated carbocycles. The van der Waals surface area contributed by atoms with E-state index in [4.69, 9.17) is 0 Å². The number of rotatable bonds is 1. The zero-order valence-electron chi connectivity index (χ0n) is 10.9. The molecule has 5 heteroatoms. The van der Waals surface area contributed by atoms with Gasteiger partial charge in [0.2, 0.25) is 0 Å². The maximum absolute atomic E-state index is 12.6. The van der Waals surface area contributed by atoms with Crippen LogP contribution in [-0.2, 0) is 13.0 Å². The molecule has 3 heterocycles. The van der Waals surface area contributed by atoms with Crippen molar-refractivity contribution in [3.8, 4) is 0 Å². The molecule has 0 radical (unpaired) electrons. The van der Waals surface area contributed by atoms with E-state index in [0.717, 1.165) is 28.7 Å². The predicted octanol–water partition coefficient (Wildman–Crippen LogP) is 2.09. The fraction of sp³-hybridized carbons (Fsp3) is 0.200. The van der Waals surface area contributed by atoms with E-state index in [1.165, 1.54) is 0 Å². The molecular formula is C15H14N4O. The van der Waals surface area contributed by atoms with Crippen molar-refractivity contribution in [2.75, 3.05) is 6.54 Å². The number of para-hydroxylation sites is 1. The number of nitrogens with zero attached hydrogens (tertiary/aromatic N) is 2. The normalized spacial score (nSPS) is 14.5. The lowest BCUT2D eigenvalue weighted by molar-refractivity contribution is 0.0727. The molecule has 4 rings (SSSR count). The molecule has 0 fully saturated rings. The van der Waals surface area contributed by atoms with Gasteiger partial charge >= 0.3 is 0 Å². The van der Waals surface area contributed by atoms with Gasteiger partial charge in [-0.15, -0.1) is 0 Å². The Kier molecular flexibility index (Phi) is 2.39. The summed E-state index contributed by atoms with van der Waals surface area (Å²) in [5.41, 5.74) is 3.76. The summed E-state index contributed by atoms with van der Waals surface area (Å²) in [6.07, 6.45) is 2.51. The van der Waals surface area contributed by atoms with E-state index in [-0.39, 0.29) is 5.91 Å². The summed E-state index contributed by atoms with van der Waals surface area (Å²) in [6, 6.07) is 9.84. The first kappa shape index (κ1) is 11.3. The van der Waals surface area contributed by atoms with Crippen molar-refractivity contribution < 1.29 is 4.79 Å². The Morgan fingerprint density at radius 1 is 1.30 bits per heavy atom. The highest BCUT2D eigenvalue weighted by atomic mass is 16.2. The van der Waals surface area contributed by atoms with Crippen LogP contribution in [-0.4, -0.2) is 32.3 Å². The molecule has 5 nitrogen and oxygen atoms in total. The fourth-order valence-electron chi connectivity index (χ4n) is 2.74. The number of nitrogens with one attached hydrogen (secondary N) is 2. The largest absolute Gasteiger partial charge is 0.351 e. The Hall–Kier alpha value is -2.56. The van der Waals surface area contributed by atoms with E-state index in [1.807, 2.05) is 35.2 Å². The number of aromatic amines is 2. The lowest BCUT2D eigenvalue weighted by Crippen LogP contribution is -2.36. The molecule has 1 amide bonds. The first-order chi connectivity index (χ1) is 9.81. The number of hydrogen-bond acceptors (Lipinski definition) is 2. The number of fused-ring (bicyclic) bond motifs is 2. The predicted molar refractivity (Wildman–Crippen MR) is 75.3 cm³/mol. The van der Waals surface area contributed by atoms with Crippen LogP contribution in [0.1, 0.15) is 21.9 Å². The highest BCUT2D eigenvalue weighted by Crippen LogP contribution is 2.20. The number of amides is 1. The van der Waals surface area contributed by atoms with Gasteiger partial charge in [-0.3, -0.25) is 4.79 Å². The van der Waals surface area contributed by atoms with Gasteiger partial charge in [0.25, 0.3) is 5.91 Å². The zero-order chi connectivity index (χ0) is 13.5. The molecule has 3 aromatic rings. The second-order valence-corrected chi connectivity index (χ2v) is 5.07. The van der Waals surface area contributed by atoms with Crippen LogP contribution in [0.4, 0.5) is 0 Å². The second kappa shape index (κ2) is 4.23. The average Bonchev–Trinajstić information content (AvgIpc) is 3.11. The summed E-state index contributed by atoms with van der Waals surface area (Å²) in [4.78, 5) is 25.0. The minimum atomic E-state index is 0.0430. The van der Waals surface area contributed by atoms with Gasteiger partial charge in [0.1, 0.15) is 5.69 Å². The first-order valence-corrected chi connectivity index (χ1v) is 6.69. The topological polar surface area (TPSA) is 64.8 Å². The third-order valence-corrected chi connectivity index (χ3v) is 3.82. The monoisotopic (exact) mass is 266 g/mol. The van der Waals surface area contributed by atoms with Gasteiger partial charge in [-0.25, -0.2) is 4.98 Å². The van der Waals surface area contributed by atoms with Crippen LogP contribution < -0.4 is 0 Å². The van der Waals surface area contributed by atoms with Gasteiger partial charge in [-0.2, -0.15) is 0 Å². The highest BCUT2D eigenvalue weighted by Gasteiger charge is 2.24. The average molecular weight is 266 g/mol. The fourth-order valence-corrected chi connectivity index (χ4v) is 2.74. The molecule has 2 N–H and O–H groups in total. The molecule has 0 atom stereocenters. The summed E-state index contributed by atoms with van der Waals surface area (Å²) in [7, 11) is 0. The number of imidazole rings is 1. The molecule has 0 spiro atoms. The van der Waals surface area contributed by atoms with Gasteiger partial charge in [0, 0.05) is 23.9 Å². The Bertz CT molecular complexity index is 753. The summed E-state index contributed by atoms with van der Waals surface area (Å²) >= 11 is 0. The Labute approximate surface area is 115 Å². The number of carbonyl (C=O) groups excluding carboxylic acids is 1. The third-order valence-electron chi connectivity index (χ3n) is 3.82. The molecule has 100 valence electrons. The Morgan fingerprint density at radius 2 is 2.20 bits per heavy atom. The number of hydrogen-bond donors (Lipinski definition) is 2. The first-order valence-electron chi connectivity index (χ1n) is 6.69. The van der Waals surface area contributed by atoms with Crippen molar-refractivity contribution in [2.45, 2.75) is 13.0 Å². The number of aromatic nitrogens is 3. The van der Waals surface area contributed by atoms with Crippen LogP contribution in [0.25, 0.3) is 10.9 Å². The van der Waals surface area contributed by atoms with Gasteiger partial charge in [0.05, 0.1) is 24.3 Å². The molecule has 1 aliphatic heterocycles. The van der Waals surface area contributed by atoms with Gasteiger partial charge in [-0.05, 0) is 12.1 Å². The van der Waals surface area contributed by atoms with Crippen LogP contribution in [0.2, 0.25) is 0 Å². The van der Waals surface area contributed by atoms with Crippen LogP contribution in [0.5, 0.6) is 0 Å². The van der Waals surface area contributed by atoms with Crippen molar-refractivity contribution in [1.82, 2.24) is 19.9 Å². The number of benzene rings is 1. The minimum absolute atomic E-state index is 0.0430. The molecule has 0 saturated heterocycles. The van der Waals surface area contributed by atoms with Crippen molar-refractivity contribution in [3.63, 3.8) is 0 Å². The summed E-state index contributed by atoms with van der Waals surface area (Å²) < 4.78 is 0. The van der Waals surface area contributed by atoms with Gasteiger partial charge in [-0.1, -0.05) is 18.2 Å². The van der Waals surface area contributed by atoms with E-state index in [1.54, 1.807) is 6.33 Å². The molecule has 0 bridgehead atoms. The minimum Gasteiger partial charge on any atom is -0.351 e. The summed E-state index contributed by atoms with van der Waals surface area (Å²) in [5, 5.41) is 1.06. The molecule has 2 aromatic heterocycles. The maximum Gasteiger partial charge on any atom is 0.270 e. The summed E-state index contributed by atoms with van der Waals surface area (Å²) in [6.45, 7) is 1.32. The molecule has 0 aliphatic carbocycles. The van der Waals surface area contributed by atoms with Crippen LogP contribution in [0.15, 0.2) is 36.7 Å². The molecular weight excluding hydrogens is 252 g/mol. The smallest absolute Gasteiger partial charge is 0.270 e. The Balaban J connectivity index is 1.64. The van der Waals surface area contributed by atoms with Crippen molar-refractivity contribution in [3.05, 3.63) is 53.7 Å². The van der Waals surface area contributed by atoms with E-state index in [9.17, 15) is 4.79 Å². The van der Waals surface area contributed by atoms with E-state index in [2.05, 4.69) is 15.0 Å². The standard InChI is InChI=1S/C15H14N4O/c20-15(13-7-10-3-1-2-4-11(10)18-13)19-6-5-12-14(8-19)17-9-16-12/h1-4,7,9,18H,5-6,8H2,(H,16,17). The SMILES string of the molecule is O=C(c1cc2ccccc2[nH]1)N1CCc2nc[nH]c2C1. The molecule has 20 heavy (non-hydrogen) atoms. The Morgan fingerprint density at radius 3 is 3.10 bits per heavy atom. The highest BCUT2D eigenvalue weighted by molar-refractivity contribution is 5.98. The molecule has 1 aromatic carbocycles. The van der Waals surface area contributed by atoms with Gasteiger partial charge < -0.3 is 14.9 Å². The van der Waals surface area contributed by atoms with Crippen molar-refractivity contribution in [1.29, 1.82) is 0 Å². The second-order valence-electron chi connectivity index (χ2n) is 5.07. The molecule has 1 aliphatic rings. The summed E-state index contributed by atoms with van der Waals surface area (Å²) in [5.74, 6) is 0.0430. The molecule has 0 unspecified atom stereocenters. The lowest BCUT2D eigenvalue weighted by atomic mass is 10.1. The number of carbonyl (C=O) groups is 1. The van der Waals surface area contributed by atoms with E-state index >= 15 is 0 Å². The number of H-pyrrole nitrogens is 2. The van der Waals surface area contributed by atoms with Gasteiger partial charge in [0.15, 0.2) is 0 Å². The van der Waals surface area contributed by atoms with E-state index in [0.29, 0.717) is 18.8 Å². The lowest BCUT2D eigenvalue weighted by Gasteiger charge is -2.25. The maximum atomic E-state index is 12.6. The van der Waals surface area contributed by atoms with Crippen molar-refractivity contribution >= 4 is 16.8 Å². The quantitative estimate of drug-likeness (QED) is 0.708. The third kappa shape index (κ3) is 1.71. The van der Waals surface area contributed by atoms with Crippen molar-refractivity contribution in [2.24, 2.45) is 0 Å². The van der Waals surface area contributed by atoms with Crippen LogP contribution >= 0.6 is 0 Å². The zero-order valence-corrected chi connectivity index (χ0v) is 10.9. The van der Waals surface area contributed by atoms with E-state index < -0.39 is 0 Å².